The average Bonchev–Trinajstić information content (AvgIpc) is 3.18. The summed E-state index contributed by atoms with van der Waals surface area (Å²) >= 11 is 1.64. The lowest BCUT2D eigenvalue weighted by Gasteiger charge is -2.34. The van der Waals surface area contributed by atoms with E-state index in [1.54, 1.807) is 18.3 Å². The van der Waals surface area contributed by atoms with Crippen molar-refractivity contribution < 1.29 is 9.90 Å². The van der Waals surface area contributed by atoms with Crippen LogP contribution in [-0.2, 0) is 13.6 Å². The molecule has 3 rings (SSSR count). The van der Waals surface area contributed by atoms with Crippen molar-refractivity contribution in [3.05, 3.63) is 45.9 Å². The lowest BCUT2D eigenvalue weighted by Crippen LogP contribution is -2.35. The van der Waals surface area contributed by atoms with Crippen molar-refractivity contribution in [1.82, 2.24) is 9.47 Å². The molecule has 4 nitrogen and oxygen atoms in total. The largest absolute Gasteiger partial charge is 0.387 e. The average molecular weight is 332 g/mol. The van der Waals surface area contributed by atoms with Crippen molar-refractivity contribution in [3.8, 4) is 0 Å². The van der Waals surface area contributed by atoms with Crippen LogP contribution >= 0.6 is 11.3 Å². The zero-order chi connectivity index (χ0) is 16.4. The number of aliphatic hydroxyl groups is 1. The van der Waals surface area contributed by atoms with Gasteiger partial charge >= 0.3 is 0 Å². The van der Waals surface area contributed by atoms with Gasteiger partial charge in [-0.2, -0.15) is 0 Å². The number of hydrogen-bond acceptors (Lipinski definition) is 4. The van der Waals surface area contributed by atoms with Crippen molar-refractivity contribution >= 4 is 17.1 Å². The summed E-state index contributed by atoms with van der Waals surface area (Å²) in [5, 5.41) is 12.5. The fourth-order valence-electron chi connectivity index (χ4n) is 3.31. The minimum Gasteiger partial charge on any atom is -0.387 e. The molecule has 1 atom stereocenters. The summed E-state index contributed by atoms with van der Waals surface area (Å²) in [7, 11) is 2.00. The molecule has 1 unspecified atom stereocenters. The van der Waals surface area contributed by atoms with Crippen LogP contribution < -0.4 is 0 Å². The molecule has 0 amide bonds. The molecule has 1 N–H and O–H groups in total. The van der Waals surface area contributed by atoms with E-state index in [1.165, 1.54) is 5.69 Å². The molecule has 0 spiro atoms. The van der Waals surface area contributed by atoms with Gasteiger partial charge in [0.15, 0.2) is 5.78 Å². The summed E-state index contributed by atoms with van der Waals surface area (Å²) in [5.41, 5.74) is 1.96. The number of Topliss-reactive ketones (excluding diaryl/α,β-unsaturated/α-hetero) is 1. The van der Waals surface area contributed by atoms with E-state index in [9.17, 15) is 9.90 Å². The van der Waals surface area contributed by atoms with Crippen LogP contribution in [0.3, 0.4) is 0 Å². The van der Waals surface area contributed by atoms with Crippen LogP contribution in [0.2, 0.25) is 0 Å². The molecule has 0 aromatic carbocycles. The maximum Gasteiger partial charge on any atom is 0.161 e. The number of carbonyl (C=O) groups is 1. The molecule has 0 saturated carbocycles. The van der Waals surface area contributed by atoms with E-state index >= 15 is 0 Å². The second-order valence-corrected chi connectivity index (χ2v) is 7.44. The minimum absolute atomic E-state index is 0.115. The van der Waals surface area contributed by atoms with Gasteiger partial charge in [-0.1, -0.05) is 6.07 Å². The number of ketones is 1. The number of nitrogens with zero attached hydrogens (tertiary/aromatic N) is 2. The molecular weight excluding hydrogens is 308 g/mol. The standard InChI is InChI=1S/C18H24N2O2S/c1-13(21)15-10-16(19(2)11-15)12-20-7-5-14(6-8-20)18(22)17-4-3-9-23-17/h3-4,9-11,14,18,22H,5-8,12H2,1-2H3. The van der Waals surface area contributed by atoms with Crippen LogP contribution in [0.5, 0.6) is 0 Å². The van der Waals surface area contributed by atoms with Gasteiger partial charge in [0.1, 0.15) is 0 Å². The van der Waals surface area contributed by atoms with Gasteiger partial charge in [0.05, 0.1) is 6.10 Å². The molecule has 2 aromatic rings. The highest BCUT2D eigenvalue weighted by Crippen LogP contribution is 2.33. The molecule has 5 heteroatoms. The summed E-state index contributed by atoms with van der Waals surface area (Å²) in [5.74, 6) is 0.468. The number of piperidine rings is 1. The maximum absolute atomic E-state index is 11.5. The van der Waals surface area contributed by atoms with E-state index in [0.717, 1.165) is 42.9 Å². The van der Waals surface area contributed by atoms with Crippen LogP contribution in [0.1, 0.15) is 46.8 Å². The van der Waals surface area contributed by atoms with Crippen LogP contribution in [0.25, 0.3) is 0 Å². The number of likely N-dealkylation sites (tertiary alicyclic amines) is 1. The summed E-state index contributed by atoms with van der Waals surface area (Å²) < 4.78 is 2.04. The van der Waals surface area contributed by atoms with Crippen molar-refractivity contribution in [2.24, 2.45) is 13.0 Å². The number of thiophene rings is 1. The van der Waals surface area contributed by atoms with Gasteiger partial charge in [-0.05, 0) is 56.3 Å². The Hall–Kier alpha value is -1.43. The van der Waals surface area contributed by atoms with Gasteiger partial charge in [0.2, 0.25) is 0 Å². The van der Waals surface area contributed by atoms with Gasteiger partial charge in [-0.25, -0.2) is 0 Å². The number of aromatic nitrogens is 1. The van der Waals surface area contributed by atoms with Gasteiger partial charge in [0.25, 0.3) is 0 Å². The first kappa shape index (κ1) is 16.4. The van der Waals surface area contributed by atoms with E-state index in [1.807, 2.05) is 41.4 Å². The third-order valence-electron chi connectivity index (χ3n) is 4.81. The second-order valence-electron chi connectivity index (χ2n) is 6.46. The fraction of sp³-hybridized carbons (Fsp3) is 0.500. The quantitative estimate of drug-likeness (QED) is 0.855. The first-order valence-corrected chi connectivity index (χ1v) is 9.02. The molecule has 23 heavy (non-hydrogen) atoms. The molecule has 124 valence electrons. The third kappa shape index (κ3) is 3.74. The number of carbonyl (C=O) groups excluding carboxylic acids is 1. The van der Waals surface area contributed by atoms with Gasteiger partial charge in [-0.15, -0.1) is 11.3 Å². The minimum atomic E-state index is -0.323. The number of aryl methyl sites for hydroxylation is 1. The van der Waals surface area contributed by atoms with Gasteiger partial charge in [-0.3, -0.25) is 9.69 Å². The summed E-state index contributed by atoms with van der Waals surface area (Å²) in [4.78, 5) is 15.0. The van der Waals surface area contributed by atoms with Crippen molar-refractivity contribution in [2.75, 3.05) is 13.1 Å². The highest BCUT2D eigenvalue weighted by atomic mass is 32.1. The zero-order valence-corrected chi connectivity index (χ0v) is 14.6. The van der Waals surface area contributed by atoms with Crippen molar-refractivity contribution in [3.63, 3.8) is 0 Å². The Morgan fingerprint density at radius 3 is 2.74 bits per heavy atom. The molecular formula is C18H24N2O2S. The Kier molecular flexibility index (Phi) is 4.99. The molecule has 0 radical (unpaired) electrons. The Bertz CT molecular complexity index is 655. The normalized spacial score (nSPS) is 18.2. The van der Waals surface area contributed by atoms with Crippen LogP contribution in [0.4, 0.5) is 0 Å². The molecule has 2 aromatic heterocycles. The van der Waals surface area contributed by atoms with Crippen LogP contribution in [-0.4, -0.2) is 33.4 Å². The van der Waals surface area contributed by atoms with Crippen LogP contribution in [0, 0.1) is 5.92 Å². The van der Waals surface area contributed by atoms with Crippen molar-refractivity contribution in [2.45, 2.75) is 32.4 Å². The lowest BCUT2D eigenvalue weighted by molar-refractivity contribution is 0.0585. The third-order valence-corrected chi connectivity index (χ3v) is 5.76. The van der Waals surface area contributed by atoms with Crippen molar-refractivity contribution in [1.29, 1.82) is 0 Å². The SMILES string of the molecule is CC(=O)c1cc(CN2CCC(C(O)c3cccs3)CC2)n(C)c1. The molecule has 0 aliphatic carbocycles. The highest BCUT2D eigenvalue weighted by molar-refractivity contribution is 7.10. The Labute approximate surface area is 141 Å². The smallest absolute Gasteiger partial charge is 0.161 e. The molecule has 1 fully saturated rings. The second kappa shape index (κ2) is 6.99. The Morgan fingerprint density at radius 1 is 1.43 bits per heavy atom. The Balaban J connectivity index is 1.56. The van der Waals surface area contributed by atoms with E-state index in [2.05, 4.69) is 4.90 Å². The predicted octanol–water partition coefficient (Wildman–Crippen LogP) is 3.23. The summed E-state index contributed by atoms with van der Waals surface area (Å²) in [6.07, 6.45) is 3.62. The van der Waals surface area contributed by atoms with E-state index in [-0.39, 0.29) is 11.9 Å². The number of aliphatic hydroxyl groups excluding tert-OH is 1. The first-order valence-electron chi connectivity index (χ1n) is 8.14. The fourth-order valence-corrected chi connectivity index (χ4v) is 4.11. The summed E-state index contributed by atoms with van der Waals surface area (Å²) in [6.45, 7) is 4.46. The zero-order valence-electron chi connectivity index (χ0n) is 13.7. The highest BCUT2D eigenvalue weighted by Gasteiger charge is 2.27. The molecule has 0 bridgehead atoms. The lowest BCUT2D eigenvalue weighted by atomic mass is 9.90. The van der Waals surface area contributed by atoms with E-state index < -0.39 is 0 Å². The molecule has 3 heterocycles. The van der Waals surface area contributed by atoms with Gasteiger partial charge < -0.3 is 9.67 Å². The Morgan fingerprint density at radius 2 is 2.17 bits per heavy atom. The van der Waals surface area contributed by atoms with Gasteiger partial charge in [0, 0.05) is 35.9 Å². The monoisotopic (exact) mass is 332 g/mol. The topological polar surface area (TPSA) is 45.5 Å². The first-order chi connectivity index (χ1) is 11.0. The van der Waals surface area contributed by atoms with E-state index in [0.29, 0.717) is 5.92 Å². The molecule has 1 saturated heterocycles. The predicted molar refractivity (Wildman–Crippen MR) is 92.7 cm³/mol. The molecule has 1 aliphatic heterocycles. The number of hydrogen-bond donors (Lipinski definition) is 1. The van der Waals surface area contributed by atoms with E-state index in [4.69, 9.17) is 0 Å². The maximum atomic E-state index is 11.5. The van der Waals surface area contributed by atoms with Crippen LogP contribution in [0.15, 0.2) is 29.8 Å². The molecule has 1 aliphatic rings. The number of rotatable bonds is 5. The summed E-state index contributed by atoms with van der Waals surface area (Å²) in [6, 6.07) is 6.02.